The van der Waals surface area contributed by atoms with E-state index < -0.39 is 0 Å². The minimum Gasteiger partial charge on any atom is -0.393 e. The van der Waals surface area contributed by atoms with Crippen LogP contribution in [0.15, 0.2) is 22.7 Å². The fourth-order valence-corrected chi connectivity index (χ4v) is 2.45. The van der Waals surface area contributed by atoms with Gasteiger partial charge in [0.25, 0.3) is 0 Å². The van der Waals surface area contributed by atoms with E-state index in [1.54, 1.807) is 6.92 Å². The van der Waals surface area contributed by atoms with E-state index in [-0.39, 0.29) is 17.6 Å². The van der Waals surface area contributed by atoms with Crippen LogP contribution in [0.1, 0.15) is 32.8 Å². The maximum Gasteiger partial charge on any atom is 0.319 e. The van der Waals surface area contributed by atoms with Crippen molar-refractivity contribution in [3.05, 3.63) is 28.2 Å². The quantitative estimate of drug-likeness (QED) is 0.764. The number of amides is 2. The fraction of sp³-hybridized carbons (Fsp3) is 0.533. The molecule has 0 aliphatic carbocycles. The fourth-order valence-electron chi connectivity index (χ4n) is 2.09. The van der Waals surface area contributed by atoms with Gasteiger partial charge in [0.15, 0.2) is 0 Å². The van der Waals surface area contributed by atoms with Crippen molar-refractivity contribution in [3.63, 3.8) is 0 Å². The SMILES string of the molecule is Cc1ccc(Br)cc1NC(=O)NCC(C)(C)CC(C)O. The Morgan fingerprint density at radius 2 is 2.10 bits per heavy atom. The number of halogens is 1. The van der Waals surface area contributed by atoms with Crippen molar-refractivity contribution < 1.29 is 9.90 Å². The Balaban J connectivity index is 2.54. The van der Waals surface area contributed by atoms with Gasteiger partial charge < -0.3 is 15.7 Å². The van der Waals surface area contributed by atoms with E-state index in [0.29, 0.717) is 13.0 Å². The molecule has 2 amide bonds. The van der Waals surface area contributed by atoms with Crippen LogP contribution in [0.25, 0.3) is 0 Å². The smallest absolute Gasteiger partial charge is 0.319 e. The van der Waals surface area contributed by atoms with Crippen LogP contribution in [0.2, 0.25) is 0 Å². The maximum atomic E-state index is 11.9. The zero-order valence-corrected chi connectivity index (χ0v) is 14.0. The molecule has 0 saturated heterocycles. The highest BCUT2D eigenvalue weighted by atomic mass is 79.9. The Morgan fingerprint density at radius 1 is 1.45 bits per heavy atom. The molecule has 0 aliphatic rings. The summed E-state index contributed by atoms with van der Waals surface area (Å²) in [6.07, 6.45) is 0.269. The third-order valence-electron chi connectivity index (χ3n) is 3.02. The molecule has 20 heavy (non-hydrogen) atoms. The molecule has 5 heteroatoms. The zero-order valence-electron chi connectivity index (χ0n) is 12.5. The summed E-state index contributed by atoms with van der Waals surface area (Å²) >= 11 is 3.38. The highest BCUT2D eigenvalue weighted by molar-refractivity contribution is 9.10. The normalized spacial score (nSPS) is 12.9. The number of aliphatic hydroxyl groups excluding tert-OH is 1. The summed E-state index contributed by atoms with van der Waals surface area (Å²) in [6.45, 7) is 8.25. The van der Waals surface area contributed by atoms with E-state index in [9.17, 15) is 9.90 Å². The number of hydrogen-bond donors (Lipinski definition) is 3. The zero-order chi connectivity index (χ0) is 15.3. The molecule has 0 saturated carbocycles. The van der Waals surface area contributed by atoms with Gasteiger partial charge in [-0.2, -0.15) is 0 Å². The molecular formula is C15H23BrN2O2. The van der Waals surface area contributed by atoms with Crippen molar-refractivity contribution >= 4 is 27.6 Å². The standard InChI is InChI=1S/C15H23BrN2O2/c1-10-5-6-12(16)7-13(10)18-14(20)17-9-15(3,4)8-11(2)19/h5-7,11,19H,8-9H2,1-4H3,(H2,17,18,20). The predicted octanol–water partition coefficient (Wildman–Crippen LogP) is 3.68. The molecule has 1 aromatic rings. The van der Waals surface area contributed by atoms with Crippen LogP contribution in [0, 0.1) is 12.3 Å². The first kappa shape index (κ1) is 17.0. The Morgan fingerprint density at radius 3 is 2.70 bits per heavy atom. The van der Waals surface area contributed by atoms with E-state index in [1.165, 1.54) is 0 Å². The van der Waals surface area contributed by atoms with Gasteiger partial charge in [0.1, 0.15) is 0 Å². The molecule has 0 aromatic heterocycles. The van der Waals surface area contributed by atoms with Gasteiger partial charge in [0.05, 0.1) is 6.10 Å². The Labute approximate surface area is 129 Å². The van der Waals surface area contributed by atoms with E-state index >= 15 is 0 Å². The number of urea groups is 1. The number of benzene rings is 1. The van der Waals surface area contributed by atoms with Gasteiger partial charge in [0.2, 0.25) is 0 Å². The molecule has 0 aliphatic heterocycles. The first-order valence-corrected chi connectivity index (χ1v) is 7.48. The van der Waals surface area contributed by atoms with Gasteiger partial charge >= 0.3 is 6.03 Å². The van der Waals surface area contributed by atoms with E-state index in [2.05, 4.69) is 26.6 Å². The number of carbonyl (C=O) groups excluding carboxylic acids is 1. The third-order valence-corrected chi connectivity index (χ3v) is 3.52. The molecule has 1 atom stereocenters. The topological polar surface area (TPSA) is 61.4 Å². The first-order valence-electron chi connectivity index (χ1n) is 6.69. The second-order valence-electron chi connectivity index (χ2n) is 5.98. The van der Waals surface area contributed by atoms with Crippen LogP contribution < -0.4 is 10.6 Å². The average Bonchev–Trinajstić information content (AvgIpc) is 2.30. The lowest BCUT2D eigenvalue weighted by atomic mass is 9.87. The minimum atomic E-state index is -0.373. The molecule has 3 N–H and O–H groups in total. The van der Waals surface area contributed by atoms with Crippen molar-refractivity contribution in [1.29, 1.82) is 0 Å². The maximum absolute atomic E-state index is 11.9. The molecule has 0 heterocycles. The van der Waals surface area contributed by atoms with Crippen molar-refractivity contribution in [2.75, 3.05) is 11.9 Å². The van der Waals surface area contributed by atoms with Crippen LogP contribution in [0.5, 0.6) is 0 Å². The third kappa shape index (κ3) is 5.92. The summed E-state index contributed by atoms with van der Waals surface area (Å²) in [7, 11) is 0. The molecule has 4 nitrogen and oxygen atoms in total. The van der Waals surface area contributed by atoms with E-state index in [1.807, 2.05) is 39.0 Å². The van der Waals surface area contributed by atoms with Gasteiger partial charge in [-0.25, -0.2) is 4.79 Å². The van der Waals surface area contributed by atoms with Crippen LogP contribution in [0.3, 0.4) is 0 Å². The largest absolute Gasteiger partial charge is 0.393 e. The van der Waals surface area contributed by atoms with Gasteiger partial charge in [-0.15, -0.1) is 0 Å². The molecular weight excluding hydrogens is 320 g/mol. The number of hydrogen-bond acceptors (Lipinski definition) is 2. The van der Waals surface area contributed by atoms with E-state index in [4.69, 9.17) is 0 Å². The lowest BCUT2D eigenvalue weighted by Gasteiger charge is -2.26. The van der Waals surface area contributed by atoms with Gasteiger partial charge in [-0.3, -0.25) is 0 Å². The van der Waals surface area contributed by atoms with Gasteiger partial charge in [-0.1, -0.05) is 35.8 Å². The minimum absolute atomic E-state index is 0.141. The second kappa shape index (κ2) is 7.09. The highest BCUT2D eigenvalue weighted by Gasteiger charge is 2.21. The summed E-state index contributed by atoms with van der Waals surface area (Å²) in [5, 5.41) is 15.1. The van der Waals surface area contributed by atoms with Crippen LogP contribution in [0.4, 0.5) is 10.5 Å². The highest BCUT2D eigenvalue weighted by Crippen LogP contribution is 2.22. The molecule has 0 bridgehead atoms. The molecule has 0 radical (unpaired) electrons. The Bertz CT molecular complexity index is 473. The lowest BCUT2D eigenvalue weighted by Crippen LogP contribution is -2.38. The van der Waals surface area contributed by atoms with Crippen molar-refractivity contribution in [2.24, 2.45) is 5.41 Å². The van der Waals surface area contributed by atoms with E-state index in [0.717, 1.165) is 15.7 Å². The van der Waals surface area contributed by atoms with Crippen molar-refractivity contribution in [3.8, 4) is 0 Å². The number of anilines is 1. The first-order chi connectivity index (χ1) is 9.19. The van der Waals surface area contributed by atoms with Crippen LogP contribution in [-0.2, 0) is 0 Å². The molecule has 1 unspecified atom stereocenters. The summed E-state index contributed by atoms with van der Waals surface area (Å²) in [6, 6.07) is 5.52. The van der Waals surface area contributed by atoms with Gasteiger partial charge in [0, 0.05) is 16.7 Å². The number of aryl methyl sites for hydroxylation is 1. The summed E-state index contributed by atoms with van der Waals surface area (Å²) in [5.41, 5.74) is 1.65. The molecule has 1 rings (SSSR count). The lowest BCUT2D eigenvalue weighted by molar-refractivity contribution is 0.129. The number of rotatable bonds is 5. The Kier molecular flexibility index (Phi) is 6.02. The summed E-state index contributed by atoms with van der Waals surface area (Å²) in [4.78, 5) is 11.9. The number of nitrogens with one attached hydrogen (secondary N) is 2. The van der Waals surface area contributed by atoms with Crippen molar-refractivity contribution in [2.45, 2.75) is 40.2 Å². The molecule has 0 spiro atoms. The molecule has 112 valence electrons. The molecule has 0 fully saturated rings. The average molecular weight is 343 g/mol. The Hall–Kier alpha value is -1.07. The van der Waals surface area contributed by atoms with Gasteiger partial charge in [-0.05, 0) is 43.4 Å². The van der Waals surface area contributed by atoms with Crippen LogP contribution >= 0.6 is 15.9 Å². The summed E-state index contributed by atoms with van der Waals surface area (Å²) in [5.74, 6) is 0. The summed E-state index contributed by atoms with van der Waals surface area (Å²) < 4.78 is 0.924. The number of carbonyl (C=O) groups is 1. The second-order valence-corrected chi connectivity index (χ2v) is 6.90. The van der Waals surface area contributed by atoms with Crippen molar-refractivity contribution in [1.82, 2.24) is 5.32 Å². The monoisotopic (exact) mass is 342 g/mol. The predicted molar refractivity (Wildman–Crippen MR) is 86.0 cm³/mol. The number of aliphatic hydroxyl groups is 1. The van der Waals surface area contributed by atoms with Crippen LogP contribution in [-0.4, -0.2) is 23.8 Å². The molecule has 1 aromatic carbocycles.